The van der Waals surface area contributed by atoms with Crippen molar-refractivity contribution < 1.29 is 28.1 Å². The summed E-state index contributed by atoms with van der Waals surface area (Å²) in [6.45, 7) is 0. The van der Waals surface area contributed by atoms with Gasteiger partial charge in [-0.3, -0.25) is 0 Å². The maximum Gasteiger partial charge on any atom is 0.343 e. The van der Waals surface area contributed by atoms with Crippen molar-refractivity contribution in [3.8, 4) is 17.2 Å². The van der Waals surface area contributed by atoms with Crippen LogP contribution in [0.1, 0.15) is 11.1 Å². The zero-order valence-electron chi connectivity index (χ0n) is 14.5. The predicted molar refractivity (Wildman–Crippen MR) is 94.5 cm³/mol. The molecule has 1 aliphatic rings. The average Bonchev–Trinajstić information content (AvgIpc) is 3.01. The Hall–Kier alpha value is -3.28. The molecule has 0 unspecified atom stereocenters. The van der Waals surface area contributed by atoms with Crippen molar-refractivity contribution in [3.05, 3.63) is 65.0 Å². The van der Waals surface area contributed by atoms with E-state index in [0.717, 1.165) is 0 Å². The van der Waals surface area contributed by atoms with E-state index in [4.69, 9.17) is 18.9 Å². The van der Waals surface area contributed by atoms with Gasteiger partial charge in [-0.25, -0.2) is 9.18 Å². The van der Waals surface area contributed by atoms with Crippen molar-refractivity contribution in [2.75, 3.05) is 21.3 Å². The van der Waals surface area contributed by atoms with E-state index in [9.17, 15) is 9.18 Å². The van der Waals surface area contributed by atoms with Gasteiger partial charge < -0.3 is 18.9 Å². The first kappa shape index (κ1) is 17.5. The minimum atomic E-state index is -0.488. The molecular weight excluding hydrogens is 339 g/mol. The maximum absolute atomic E-state index is 13.0. The molecule has 0 saturated heterocycles. The number of halogens is 1. The molecule has 0 bridgehead atoms. The van der Waals surface area contributed by atoms with Gasteiger partial charge in [0.15, 0.2) is 11.5 Å². The Morgan fingerprint density at radius 2 is 1.58 bits per heavy atom. The van der Waals surface area contributed by atoms with Gasteiger partial charge in [0.25, 0.3) is 0 Å². The second kappa shape index (κ2) is 7.31. The van der Waals surface area contributed by atoms with Crippen LogP contribution in [-0.2, 0) is 9.53 Å². The van der Waals surface area contributed by atoms with Crippen LogP contribution in [0.25, 0.3) is 11.8 Å². The Kier molecular flexibility index (Phi) is 4.93. The summed E-state index contributed by atoms with van der Waals surface area (Å²) in [5, 5.41) is 0. The Labute approximate surface area is 150 Å². The van der Waals surface area contributed by atoms with E-state index in [2.05, 4.69) is 0 Å². The molecule has 1 aliphatic heterocycles. The summed E-state index contributed by atoms with van der Waals surface area (Å²) < 4.78 is 34.2. The van der Waals surface area contributed by atoms with Crippen LogP contribution in [0.5, 0.6) is 17.2 Å². The molecule has 0 aromatic heterocycles. The molecule has 2 aromatic carbocycles. The SMILES string of the molecule is COc1cc(C=C2C=C(c3ccc(F)cc3)OC2=O)cc(OC)c1OC. The lowest BCUT2D eigenvalue weighted by molar-refractivity contribution is -0.130. The molecule has 3 rings (SSSR count). The number of cyclic esters (lactones) is 1. The summed E-state index contributed by atoms with van der Waals surface area (Å²) in [6, 6.07) is 9.18. The molecule has 6 heteroatoms. The summed E-state index contributed by atoms with van der Waals surface area (Å²) in [7, 11) is 4.56. The average molecular weight is 356 g/mol. The van der Waals surface area contributed by atoms with Gasteiger partial charge in [0.1, 0.15) is 11.6 Å². The smallest absolute Gasteiger partial charge is 0.343 e. The first-order valence-corrected chi connectivity index (χ1v) is 7.77. The number of carbonyl (C=O) groups excluding carboxylic acids is 1. The van der Waals surface area contributed by atoms with E-state index in [1.54, 1.807) is 36.4 Å². The van der Waals surface area contributed by atoms with Gasteiger partial charge >= 0.3 is 5.97 Å². The highest BCUT2D eigenvalue weighted by molar-refractivity contribution is 6.05. The van der Waals surface area contributed by atoms with Crippen LogP contribution in [0.3, 0.4) is 0 Å². The van der Waals surface area contributed by atoms with Crippen LogP contribution in [0.15, 0.2) is 48.0 Å². The third-order valence-corrected chi connectivity index (χ3v) is 3.86. The van der Waals surface area contributed by atoms with E-state index >= 15 is 0 Å². The number of hydrogen-bond donors (Lipinski definition) is 0. The third-order valence-electron chi connectivity index (χ3n) is 3.86. The number of methoxy groups -OCH3 is 3. The molecule has 0 atom stereocenters. The number of rotatable bonds is 5. The summed E-state index contributed by atoms with van der Waals surface area (Å²) >= 11 is 0. The second-order valence-corrected chi connectivity index (χ2v) is 5.46. The predicted octanol–water partition coefficient (Wildman–Crippen LogP) is 3.83. The molecule has 0 radical (unpaired) electrons. The minimum Gasteiger partial charge on any atom is -0.493 e. The zero-order chi connectivity index (χ0) is 18.7. The van der Waals surface area contributed by atoms with Crippen LogP contribution in [0.2, 0.25) is 0 Å². The van der Waals surface area contributed by atoms with Crippen molar-refractivity contribution in [1.29, 1.82) is 0 Å². The topological polar surface area (TPSA) is 54.0 Å². The highest BCUT2D eigenvalue weighted by Crippen LogP contribution is 2.39. The molecule has 26 heavy (non-hydrogen) atoms. The van der Waals surface area contributed by atoms with Gasteiger partial charge in [0.05, 0.1) is 26.9 Å². The Balaban J connectivity index is 1.99. The van der Waals surface area contributed by atoms with E-state index < -0.39 is 5.97 Å². The summed E-state index contributed by atoms with van der Waals surface area (Å²) in [5.74, 6) is 0.952. The number of ether oxygens (including phenoxy) is 4. The lowest BCUT2D eigenvalue weighted by atomic mass is 10.1. The highest BCUT2D eigenvalue weighted by Gasteiger charge is 2.22. The van der Waals surface area contributed by atoms with E-state index in [1.807, 2.05) is 0 Å². The maximum atomic E-state index is 13.0. The molecule has 5 nitrogen and oxygen atoms in total. The fourth-order valence-electron chi connectivity index (χ4n) is 2.61. The van der Waals surface area contributed by atoms with Crippen molar-refractivity contribution in [2.24, 2.45) is 0 Å². The van der Waals surface area contributed by atoms with E-state index in [-0.39, 0.29) is 5.82 Å². The first-order valence-electron chi connectivity index (χ1n) is 7.77. The van der Waals surface area contributed by atoms with Gasteiger partial charge in [-0.15, -0.1) is 0 Å². The van der Waals surface area contributed by atoms with Gasteiger partial charge in [0, 0.05) is 5.56 Å². The van der Waals surface area contributed by atoms with Crippen molar-refractivity contribution in [2.45, 2.75) is 0 Å². The van der Waals surface area contributed by atoms with Crippen LogP contribution in [0.4, 0.5) is 4.39 Å². The first-order chi connectivity index (χ1) is 12.5. The number of benzene rings is 2. The van der Waals surface area contributed by atoms with Crippen LogP contribution >= 0.6 is 0 Å². The lowest BCUT2D eigenvalue weighted by Gasteiger charge is -2.12. The quantitative estimate of drug-likeness (QED) is 0.602. The molecule has 134 valence electrons. The van der Waals surface area contributed by atoms with Crippen LogP contribution in [-0.4, -0.2) is 27.3 Å². The van der Waals surface area contributed by atoms with Gasteiger partial charge in [-0.1, -0.05) is 0 Å². The number of esters is 1. The molecule has 0 N–H and O–H groups in total. The summed E-state index contributed by atoms with van der Waals surface area (Å²) in [5.41, 5.74) is 1.66. The highest BCUT2D eigenvalue weighted by atomic mass is 19.1. The zero-order valence-corrected chi connectivity index (χ0v) is 14.5. The summed E-state index contributed by atoms with van der Waals surface area (Å²) in [4.78, 5) is 12.2. The van der Waals surface area contributed by atoms with Crippen molar-refractivity contribution in [1.82, 2.24) is 0 Å². The van der Waals surface area contributed by atoms with Crippen molar-refractivity contribution in [3.63, 3.8) is 0 Å². The summed E-state index contributed by atoms with van der Waals surface area (Å²) in [6.07, 6.45) is 3.27. The van der Waals surface area contributed by atoms with Gasteiger partial charge in [0.2, 0.25) is 5.75 Å². The fraction of sp³-hybridized carbons (Fsp3) is 0.150. The minimum absolute atomic E-state index is 0.355. The molecule has 2 aromatic rings. The third kappa shape index (κ3) is 3.39. The molecular formula is C20H17FO5. The fourth-order valence-corrected chi connectivity index (χ4v) is 2.61. The van der Waals surface area contributed by atoms with Crippen LogP contribution < -0.4 is 14.2 Å². The Bertz CT molecular complexity index is 872. The molecule has 0 aliphatic carbocycles. The molecule has 0 amide bonds. The van der Waals surface area contributed by atoms with E-state index in [1.165, 1.54) is 33.5 Å². The standard InChI is InChI=1S/C20H17FO5/c1-23-17-9-12(10-18(24-2)19(17)25-3)8-14-11-16(26-20(14)22)13-4-6-15(21)7-5-13/h4-11H,1-3H3. The normalized spacial score (nSPS) is 14.8. The van der Waals surface area contributed by atoms with E-state index in [0.29, 0.717) is 39.7 Å². The number of hydrogen-bond acceptors (Lipinski definition) is 5. The molecule has 0 saturated carbocycles. The van der Waals surface area contributed by atoms with Gasteiger partial charge in [-0.05, 0) is 54.1 Å². The van der Waals surface area contributed by atoms with Crippen molar-refractivity contribution >= 4 is 17.8 Å². The molecule has 0 fully saturated rings. The second-order valence-electron chi connectivity index (χ2n) is 5.46. The largest absolute Gasteiger partial charge is 0.493 e. The lowest BCUT2D eigenvalue weighted by Crippen LogP contribution is -1.98. The van der Waals surface area contributed by atoms with Gasteiger partial charge in [-0.2, -0.15) is 0 Å². The molecule has 0 spiro atoms. The Morgan fingerprint density at radius 3 is 2.12 bits per heavy atom. The van der Waals surface area contributed by atoms with Crippen LogP contribution in [0, 0.1) is 5.82 Å². The molecule has 1 heterocycles. The monoisotopic (exact) mass is 356 g/mol. The number of carbonyl (C=O) groups is 1. The Morgan fingerprint density at radius 1 is 0.962 bits per heavy atom.